The lowest BCUT2D eigenvalue weighted by Gasteiger charge is -2.33. The Kier molecular flexibility index (Phi) is 6.27. The first-order valence-corrected chi connectivity index (χ1v) is 8.45. The van der Waals surface area contributed by atoms with E-state index in [0.717, 1.165) is 0 Å². The number of rotatable bonds is 6. The summed E-state index contributed by atoms with van der Waals surface area (Å²) in [5.74, 6) is -1.90. The van der Waals surface area contributed by atoms with Crippen LogP contribution in [0.3, 0.4) is 0 Å². The van der Waals surface area contributed by atoms with Crippen LogP contribution in [-0.4, -0.2) is 39.1 Å². The summed E-state index contributed by atoms with van der Waals surface area (Å²) in [5, 5.41) is 0. The molecule has 4 nitrogen and oxygen atoms in total. The van der Waals surface area contributed by atoms with Gasteiger partial charge in [-0.1, -0.05) is 12.8 Å². The summed E-state index contributed by atoms with van der Waals surface area (Å²) in [4.78, 5) is 0. The van der Waals surface area contributed by atoms with Gasteiger partial charge in [-0.2, -0.15) is 13.2 Å². The van der Waals surface area contributed by atoms with Gasteiger partial charge in [-0.05, 0) is 26.7 Å². The molecule has 1 rings (SSSR count). The highest BCUT2D eigenvalue weighted by atomic mass is 32.2. The lowest BCUT2D eigenvalue weighted by atomic mass is 9.85. The van der Waals surface area contributed by atoms with Crippen molar-refractivity contribution in [3.8, 4) is 0 Å². The molecule has 0 aliphatic heterocycles. The molecule has 1 aliphatic carbocycles. The van der Waals surface area contributed by atoms with Crippen LogP contribution in [0.2, 0.25) is 0 Å². The SMILES string of the molecule is CC(C)OCCS(=O)(=O)N[C@@H]1CCCC[C@H]1C(F)(F)F. The van der Waals surface area contributed by atoms with Crippen molar-refractivity contribution in [2.75, 3.05) is 12.4 Å². The van der Waals surface area contributed by atoms with Crippen LogP contribution in [0.1, 0.15) is 39.5 Å². The molecule has 0 amide bonds. The highest BCUT2D eigenvalue weighted by Crippen LogP contribution is 2.37. The first kappa shape index (κ1) is 17.7. The van der Waals surface area contributed by atoms with E-state index in [1.807, 2.05) is 0 Å². The van der Waals surface area contributed by atoms with Crippen LogP contribution < -0.4 is 4.72 Å². The summed E-state index contributed by atoms with van der Waals surface area (Å²) in [6.07, 6.45) is -3.15. The van der Waals surface area contributed by atoms with Crippen LogP contribution in [0.15, 0.2) is 0 Å². The molecule has 0 aromatic carbocycles. The molecule has 1 saturated carbocycles. The van der Waals surface area contributed by atoms with Crippen LogP contribution in [0.5, 0.6) is 0 Å². The maximum atomic E-state index is 12.9. The molecule has 0 heterocycles. The van der Waals surface area contributed by atoms with Crippen molar-refractivity contribution in [1.29, 1.82) is 0 Å². The predicted molar refractivity (Wildman–Crippen MR) is 69.8 cm³/mol. The van der Waals surface area contributed by atoms with E-state index in [0.29, 0.717) is 12.8 Å². The number of halogens is 3. The topological polar surface area (TPSA) is 55.4 Å². The number of alkyl halides is 3. The molecule has 0 bridgehead atoms. The van der Waals surface area contributed by atoms with Gasteiger partial charge in [-0.25, -0.2) is 13.1 Å². The van der Waals surface area contributed by atoms with Crippen molar-refractivity contribution in [3.05, 3.63) is 0 Å². The number of nitrogens with one attached hydrogen (secondary N) is 1. The van der Waals surface area contributed by atoms with Gasteiger partial charge in [0, 0.05) is 6.04 Å². The van der Waals surface area contributed by atoms with E-state index in [1.165, 1.54) is 0 Å². The van der Waals surface area contributed by atoms with Crippen LogP contribution >= 0.6 is 0 Å². The quantitative estimate of drug-likeness (QED) is 0.819. The normalized spacial score (nSPS) is 25.1. The van der Waals surface area contributed by atoms with Crippen molar-refractivity contribution >= 4 is 10.0 Å². The molecule has 2 atom stereocenters. The Hall–Kier alpha value is -0.340. The molecule has 0 saturated heterocycles. The fourth-order valence-electron chi connectivity index (χ4n) is 2.35. The Morgan fingerprint density at radius 1 is 1.25 bits per heavy atom. The largest absolute Gasteiger partial charge is 0.393 e. The Bertz CT molecular complexity index is 395. The number of ether oxygens (including phenoxy) is 1. The van der Waals surface area contributed by atoms with Gasteiger partial charge in [0.25, 0.3) is 0 Å². The summed E-state index contributed by atoms with van der Waals surface area (Å²) in [6, 6.07) is -1.05. The van der Waals surface area contributed by atoms with E-state index in [1.54, 1.807) is 13.8 Å². The second-order valence-electron chi connectivity index (χ2n) is 5.40. The van der Waals surface area contributed by atoms with Gasteiger partial charge in [0.1, 0.15) is 0 Å². The second-order valence-corrected chi connectivity index (χ2v) is 7.27. The van der Waals surface area contributed by atoms with Crippen molar-refractivity contribution in [2.45, 2.75) is 57.9 Å². The fourth-order valence-corrected chi connectivity index (χ4v) is 3.52. The van der Waals surface area contributed by atoms with E-state index in [4.69, 9.17) is 4.74 Å². The average Bonchev–Trinajstić information content (AvgIpc) is 2.26. The monoisotopic (exact) mass is 317 g/mol. The third-order valence-electron chi connectivity index (χ3n) is 3.32. The molecule has 1 N–H and O–H groups in total. The number of hydrogen-bond acceptors (Lipinski definition) is 3. The van der Waals surface area contributed by atoms with Crippen LogP contribution in [-0.2, 0) is 14.8 Å². The number of hydrogen-bond donors (Lipinski definition) is 1. The lowest BCUT2D eigenvalue weighted by Crippen LogP contribution is -2.48. The molecular formula is C12H22F3NO3S. The van der Waals surface area contributed by atoms with E-state index < -0.39 is 28.2 Å². The minimum atomic E-state index is -4.36. The van der Waals surface area contributed by atoms with Crippen molar-refractivity contribution in [2.24, 2.45) is 5.92 Å². The van der Waals surface area contributed by atoms with Gasteiger partial charge in [0.15, 0.2) is 0 Å². The maximum Gasteiger partial charge on any atom is 0.393 e. The average molecular weight is 317 g/mol. The molecule has 0 unspecified atom stereocenters. The van der Waals surface area contributed by atoms with Crippen molar-refractivity contribution < 1.29 is 26.3 Å². The molecule has 0 aromatic rings. The summed E-state index contributed by atoms with van der Waals surface area (Å²) >= 11 is 0. The zero-order valence-electron chi connectivity index (χ0n) is 11.7. The molecule has 20 heavy (non-hydrogen) atoms. The van der Waals surface area contributed by atoms with Crippen LogP contribution in [0.25, 0.3) is 0 Å². The summed E-state index contributed by atoms with van der Waals surface area (Å²) in [6.45, 7) is 3.51. The zero-order valence-corrected chi connectivity index (χ0v) is 12.6. The summed E-state index contributed by atoms with van der Waals surface area (Å²) in [5.41, 5.74) is 0. The second kappa shape index (κ2) is 7.09. The van der Waals surface area contributed by atoms with Gasteiger partial charge < -0.3 is 4.74 Å². The third-order valence-corrected chi connectivity index (χ3v) is 4.69. The highest BCUT2D eigenvalue weighted by molar-refractivity contribution is 7.89. The first-order chi connectivity index (χ1) is 9.12. The minimum absolute atomic E-state index is 0.0147. The maximum absolute atomic E-state index is 12.9. The zero-order chi connectivity index (χ0) is 15.4. The van der Waals surface area contributed by atoms with Gasteiger partial charge in [0.2, 0.25) is 10.0 Å². The molecule has 0 radical (unpaired) electrons. The van der Waals surface area contributed by atoms with Crippen LogP contribution in [0, 0.1) is 5.92 Å². The molecule has 1 fully saturated rings. The Labute approximate surface area is 118 Å². The van der Waals surface area contributed by atoms with E-state index >= 15 is 0 Å². The molecule has 0 spiro atoms. The van der Waals surface area contributed by atoms with Gasteiger partial charge >= 0.3 is 6.18 Å². The smallest absolute Gasteiger partial charge is 0.378 e. The third kappa shape index (κ3) is 5.97. The van der Waals surface area contributed by atoms with Crippen molar-refractivity contribution in [3.63, 3.8) is 0 Å². The molecule has 120 valence electrons. The molecule has 0 aromatic heterocycles. The lowest BCUT2D eigenvalue weighted by molar-refractivity contribution is -0.187. The minimum Gasteiger partial charge on any atom is -0.378 e. The van der Waals surface area contributed by atoms with Gasteiger partial charge in [-0.15, -0.1) is 0 Å². The van der Waals surface area contributed by atoms with Gasteiger partial charge in [-0.3, -0.25) is 0 Å². The fraction of sp³-hybridized carbons (Fsp3) is 1.00. The summed E-state index contributed by atoms with van der Waals surface area (Å²) in [7, 11) is -3.75. The van der Waals surface area contributed by atoms with E-state index in [2.05, 4.69) is 4.72 Å². The van der Waals surface area contributed by atoms with E-state index in [-0.39, 0.29) is 31.3 Å². The van der Waals surface area contributed by atoms with Gasteiger partial charge in [0.05, 0.1) is 24.4 Å². The Morgan fingerprint density at radius 3 is 2.40 bits per heavy atom. The predicted octanol–water partition coefficient (Wildman–Crippen LogP) is 2.45. The molecule has 8 heteroatoms. The Balaban J connectivity index is 2.59. The highest BCUT2D eigenvalue weighted by Gasteiger charge is 2.46. The molecular weight excluding hydrogens is 295 g/mol. The first-order valence-electron chi connectivity index (χ1n) is 6.80. The van der Waals surface area contributed by atoms with Crippen molar-refractivity contribution in [1.82, 2.24) is 4.72 Å². The summed E-state index contributed by atoms with van der Waals surface area (Å²) < 4.78 is 69.5. The Morgan fingerprint density at radius 2 is 1.85 bits per heavy atom. The van der Waals surface area contributed by atoms with Crippen LogP contribution in [0.4, 0.5) is 13.2 Å². The number of sulfonamides is 1. The standard InChI is InChI=1S/C12H22F3NO3S/c1-9(2)19-7-8-20(17,18)16-11-6-4-3-5-10(11)12(13,14)15/h9-11,16H,3-8H2,1-2H3/t10-,11-/m1/s1. The molecule has 1 aliphatic rings. The van der Waals surface area contributed by atoms with E-state index in [9.17, 15) is 21.6 Å².